The first-order valence-corrected chi connectivity index (χ1v) is 12.7. The van der Waals surface area contributed by atoms with Crippen LogP contribution < -0.4 is 0 Å². The molecule has 0 N–H and O–H groups in total. The van der Waals surface area contributed by atoms with E-state index < -0.39 is 0 Å². The molecule has 25 heavy (non-hydrogen) atoms. The fraction of sp³-hybridized carbons (Fsp3) is 1.00. The van der Waals surface area contributed by atoms with Crippen molar-refractivity contribution in [2.45, 2.75) is 142 Å². The molecule has 0 aromatic carbocycles. The highest BCUT2D eigenvalue weighted by Crippen LogP contribution is 2.15. The van der Waals surface area contributed by atoms with Gasteiger partial charge in [0.2, 0.25) is 0 Å². The van der Waals surface area contributed by atoms with Gasteiger partial charge in [0.15, 0.2) is 8.46 Å². The molecular weight excluding hydrogens is 323 g/mol. The monoisotopic (exact) mass is 370 g/mol. The maximum Gasteiger partial charge on any atom is 0.155 e. The van der Waals surface area contributed by atoms with E-state index in [2.05, 4.69) is 6.92 Å². The first kappa shape index (κ1) is 25.1. The van der Waals surface area contributed by atoms with Gasteiger partial charge >= 0.3 is 0 Å². The van der Waals surface area contributed by atoms with Gasteiger partial charge in [0, 0.05) is 6.16 Å². The SMILES string of the molecule is CCCCCCCCCCCCCCCCCCCCCCCP=O. The minimum Gasteiger partial charge on any atom is -0.275 e. The van der Waals surface area contributed by atoms with Crippen LogP contribution in [0.25, 0.3) is 0 Å². The van der Waals surface area contributed by atoms with E-state index in [0.717, 1.165) is 12.6 Å². The van der Waals surface area contributed by atoms with Crippen LogP contribution in [-0.2, 0) is 4.57 Å². The Bertz CT molecular complexity index is 242. The first-order valence-electron chi connectivity index (χ1n) is 11.7. The minimum atomic E-state index is 0.330. The summed E-state index contributed by atoms with van der Waals surface area (Å²) in [6.07, 6.45) is 30.7. The topological polar surface area (TPSA) is 17.1 Å². The summed E-state index contributed by atoms with van der Waals surface area (Å²) in [7, 11) is 0.330. The van der Waals surface area contributed by atoms with Crippen LogP contribution in [0.4, 0.5) is 0 Å². The van der Waals surface area contributed by atoms with E-state index in [1.807, 2.05) is 0 Å². The van der Waals surface area contributed by atoms with Gasteiger partial charge in [0.1, 0.15) is 0 Å². The van der Waals surface area contributed by atoms with Gasteiger partial charge in [-0.25, -0.2) is 0 Å². The average Bonchev–Trinajstić information content (AvgIpc) is 2.63. The molecule has 0 saturated carbocycles. The van der Waals surface area contributed by atoms with Gasteiger partial charge in [-0.05, 0) is 6.42 Å². The summed E-state index contributed by atoms with van der Waals surface area (Å²) < 4.78 is 10.3. The van der Waals surface area contributed by atoms with Crippen molar-refractivity contribution in [3.63, 3.8) is 0 Å². The number of hydrogen-bond donors (Lipinski definition) is 0. The third-order valence-corrected chi connectivity index (χ3v) is 5.85. The lowest BCUT2D eigenvalue weighted by molar-refractivity contribution is 0.521. The zero-order valence-electron chi connectivity index (χ0n) is 17.4. The molecule has 0 aliphatic carbocycles. The Morgan fingerprint density at radius 2 is 0.640 bits per heavy atom. The van der Waals surface area contributed by atoms with Crippen molar-refractivity contribution in [2.24, 2.45) is 0 Å². The van der Waals surface area contributed by atoms with Crippen LogP contribution >= 0.6 is 8.46 Å². The fourth-order valence-corrected chi connectivity index (χ4v) is 3.96. The molecule has 0 aliphatic heterocycles. The molecule has 0 aromatic heterocycles. The van der Waals surface area contributed by atoms with Gasteiger partial charge in [-0.1, -0.05) is 135 Å². The lowest BCUT2D eigenvalue weighted by Gasteiger charge is -2.04. The molecule has 0 heterocycles. The average molecular weight is 371 g/mol. The third kappa shape index (κ3) is 24.1. The Hall–Kier alpha value is 0.100. The zero-order chi connectivity index (χ0) is 18.3. The molecule has 0 bridgehead atoms. The van der Waals surface area contributed by atoms with Crippen molar-refractivity contribution in [3.05, 3.63) is 0 Å². The molecule has 0 amide bonds. The molecule has 0 fully saturated rings. The predicted molar refractivity (Wildman–Crippen MR) is 115 cm³/mol. The molecule has 0 aromatic rings. The summed E-state index contributed by atoms with van der Waals surface area (Å²) in [5.41, 5.74) is 0. The molecule has 0 aliphatic rings. The summed E-state index contributed by atoms with van der Waals surface area (Å²) in [5, 5.41) is 0. The second-order valence-corrected chi connectivity index (χ2v) is 8.63. The van der Waals surface area contributed by atoms with Crippen LogP contribution in [0, 0.1) is 0 Å². The van der Waals surface area contributed by atoms with Crippen molar-refractivity contribution in [3.8, 4) is 0 Å². The van der Waals surface area contributed by atoms with Gasteiger partial charge in [-0.3, -0.25) is 4.57 Å². The van der Waals surface area contributed by atoms with Crippen molar-refractivity contribution >= 4 is 8.46 Å². The molecule has 150 valence electrons. The van der Waals surface area contributed by atoms with Crippen LogP contribution in [0.1, 0.15) is 142 Å². The fourth-order valence-electron chi connectivity index (χ4n) is 3.61. The first-order chi connectivity index (χ1) is 12.4. The Balaban J connectivity index is 2.95. The predicted octanol–water partition coefficient (Wildman–Crippen LogP) is 9.49. The lowest BCUT2D eigenvalue weighted by atomic mass is 10.0. The van der Waals surface area contributed by atoms with E-state index in [9.17, 15) is 4.57 Å². The largest absolute Gasteiger partial charge is 0.275 e. The highest BCUT2D eigenvalue weighted by Gasteiger charge is 1.95. The smallest absolute Gasteiger partial charge is 0.155 e. The normalized spacial score (nSPS) is 11.4. The summed E-state index contributed by atoms with van der Waals surface area (Å²) >= 11 is 0. The highest BCUT2D eigenvalue weighted by molar-refractivity contribution is 7.23. The molecule has 0 spiro atoms. The van der Waals surface area contributed by atoms with E-state index >= 15 is 0 Å². The third-order valence-electron chi connectivity index (χ3n) is 5.35. The molecule has 2 heteroatoms. The second-order valence-electron chi connectivity index (χ2n) is 7.92. The van der Waals surface area contributed by atoms with Crippen LogP contribution in [0.3, 0.4) is 0 Å². The summed E-state index contributed by atoms with van der Waals surface area (Å²) in [5.74, 6) is 0. The minimum absolute atomic E-state index is 0.330. The van der Waals surface area contributed by atoms with Gasteiger partial charge in [0.05, 0.1) is 0 Å². The standard InChI is InChI=1S/C23H47OP/c1-2-3-4-5-6-7-8-9-10-11-12-13-14-15-16-17-18-19-20-21-22-23-25-24/h2-23H2,1H3. The number of unbranched alkanes of at least 4 members (excludes halogenated alkanes) is 20. The van der Waals surface area contributed by atoms with Gasteiger partial charge < -0.3 is 0 Å². The van der Waals surface area contributed by atoms with Crippen molar-refractivity contribution in [1.82, 2.24) is 0 Å². The van der Waals surface area contributed by atoms with E-state index in [1.54, 1.807) is 0 Å². The highest BCUT2D eigenvalue weighted by atomic mass is 31.1. The lowest BCUT2D eigenvalue weighted by Crippen LogP contribution is -1.84. The van der Waals surface area contributed by atoms with E-state index in [-0.39, 0.29) is 0 Å². The number of rotatable bonds is 22. The molecule has 0 rings (SSSR count). The van der Waals surface area contributed by atoms with Crippen LogP contribution in [0.15, 0.2) is 0 Å². The zero-order valence-corrected chi connectivity index (χ0v) is 18.3. The van der Waals surface area contributed by atoms with Gasteiger partial charge in [-0.2, -0.15) is 0 Å². The Morgan fingerprint density at radius 1 is 0.400 bits per heavy atom. The molecule has 0 unspecified atom stereocenters. The Labute approximate surface area is 161 Å². The summed E-state index contributed by atoms with van der Waals surface area (Å²) in [6, 6.07) is 0. The van der Waals surface area contributed by atoms with E-state index in [4.69, 9.17) is 0 Å². The van der Waals surface area contributed by atoms with Crippen LogP contribution in [-0.4, -0.2) is 6.16 Å². The Kier molecular flexibility index (Phi) is 24.2. The molecule has 0 saturated heterocycles. The van der Waals surface area contributed by atoms with Crippen molar-refractivity contribution < 1.29 is 4.57 Å². The molecular formula is C23H47OP. The van der Waals surface area contributed by atoms with Crippen molar-refractivity contribution in [1.29, 1.82) is 0 Å². The van der Waals surface area contributed by atoms with Crippen LogP contribution in [0.5, 0.6) is 0 Å². The molecule has 0 atom stereocenters. The van der Waals surface area contributed by atoms with Crippen LogP contribution in [0.2, 0.25) is 0 Å². The number of hydrogen-bond acceptors (Lipinski definition) is 1. The maximum atomic E-state index is 10.3. The Morgan fingerprint density at radius 3 is 0.880 bits per heavy atom. The van der Waals surface area contributed by atoms with Gasteiger partial charge in [-0.15, -0.1) is 0 Å². The summed E-state index contributed by atoms with van der Waals surface area (Å²) in [4.78, 5) is 0. The van der Waals surface area contributed by atoms with Crippen molar-refractivity contribution in [2.75, 3.05) is 6.16 Å². The molecule has 1 nitrogen and oxygen atoms in total. The van der Waals surface area contributed by atoms with E-state index in [0.29, 0.717) is 8.46 Å². The quantitative estimate of drug-likeness (QED) is 0.137. The maximum absolute atomic E-state index is 10.3. The second kappa shape index (κ2) is 24.1. The van der Waals surface area contributed by atoms with E-state index in [1.165, 1.54) is 128 Å². The summed E-state index contributed by atoms with van der Waals surface area (Å²) in [6.45, 7) is 2.29. The van der Waals surface area contributed by atoms with Gasteiger partial charge in [0.25, 0.3) is 0 Å². The molecule has 0 radical (unpaired) electrons.